The molecule has 1 aliphatic rings. The van der Waals surface area contributed by atoms with Gasteiger partial charge in [0.15, 0.2) is 0 Å². The van der Waals surface area contributed by atoms with Gasteiger partial charge >= 0.3 is 0 Å². The molecular formula is C18H21N3O3. The summed E-state index contributed by atoms with van der Waals surface area (Å²) in [6, 6.07) is 12.4. The maximum atomic E-state index is 12.4. The Labute approximate surface area is 140 Å². The largest absolute Gasteiger partial charge is 0.508 e. The third kappa shape index (κ3) is 3.50. The van der Waals surface area contributed by atoms with Crippen LogP contribution in [0.4, 0.5) is 0 Å². The number of nitrogens with one attached hydrogen (secondary N) is 3. The van der Waals surface area contributed by atoms with Crippen LogP contribution < -0.4 is 20.9 Å². The van der Waals surface area contributed by atoms with Gasteiger partial charge in [0, 0.05) is 36.7 Å². The number of hydrazine groups is 1. The highest BCUT2D eigenvalue weighted by atomic mass is 16.5. The smallest absolute Gasteiger partial charge is 0.251 e. The molecule has 6 nitrogen and oxygen atoms in total. The monoisotopic (exact) mass is 327 g/mol. The molecule has 1 aliphatic heterocycles. The zero-order chi connectivity index (χ0) is 16.9. The number of rotatable bonds is 5. The Morgan fingerprint density at radius 3 is 2.71 bits per heavy atom. The second kappa shape index (κ2) is 7.33. The van der Waals surface area contributed by atoms with E-state index in [1.54, 1.807) is 37.4 Å². The van der Waals surface area contributed by atoms with E-state index in [0.29, 0.717) is 22.8 Å². The minimum absolute atomic E-state index is 0.173. The van der Waals surface area contributed by atoms with Crippen molar-refractivity contribution in [3.05, 3.63) is 59.2 Å². The van der Waals surface area contributed by atoms with E-state index < -0.39 is 0 Å². The fourth-order valence-electron chi connectivity index (χ4n) is 2.81. The molecule has 0 bridgehead atoms. The van der Waals surface area contributed by atoms with Crippen LogP contribution in [-0.2, 0) is 6.54 Å². The van der Waals surface area contributed by atoms with Gasteiger partial charge in [-0.05, 0) is 23.8 Å². The maximum Gasteiger partial charge on any atom is 0.251 e. The number of amides is 1. The van der Waals surface area contributed by atoms with Crippen molar-refractivity contribution in [3.63, 3.8) is 0 Å². The van der Waals surface area contributed by atoms with Crippen molar-refractivity contribution in [2.24, 2.45) is 0 Å². The Morgan fingerprint density at radius 1 is 1.25 bits per heavy atom. The molecule has 0 aliphatic carbocycles. The van der Waals surface area contributed by atoms with Crippen LogP contribution in [0.15, 0.2) is 42.5 Å². The fraction of sp³-hybridized carbons (Fsp3) is 0.278. The molecule has 1 amide bonds. The first kappa shape index (κ1) is 16.3. The lowest BCUT2D eigenvalue weighted by molar-refractivity contribution is 0.0950. The molecule has 0 spiro atoms. The van der Waals surface area contributed by atoms with E-state index in [1.165, 1.54) is 0 Å². The van der Waals surface area contributed by atoms with Crippen molar-refractivity contribution >= 4 is 5.91 Å². The Hall–Kier alpha value is -2.57. The van der Waals surface area contributed by atoms with Gasteiger partial charge in [-0.15, -0.1) is 0 Å². The summed E-state index contributed by atoms with van der Waals surface area (Å²) in [5, 5.41) is 12.6. The maximum absolute atomic E-state index is 12.4. The lowest BCUT2D eigenvalue weighted by Crippen LogP contribution is -2.23. The van der Waals surface area contributed by atoms with E-state index in [1.807, 2.05) is 12.1 Å². The van der Waals surface area contributed by atoms with Gasteiger partial charge in [0.25, 0.3) is 5.91 Å². The third-order valence-electron chi connectivity index (χ3n) is 4.19. The number of carbonyl (C=O) groups is 1. The molecule has 4 N–H and O–H groups in total. The molecule has 0 atom stereocenters. The Morgan fingerprint density at radius 2 is 2.00 bits per heavy atom. The first-order valence-corrected chi connectivity index (χ1v) is 7.87. The number of carbonyl (C=O) groups excluding carboxylic acids is 1. The predicted octanol–water partition coefficient (Wildman–Crippen LogP) is 1.52. The third-order valence-corrected chi connectivity index (χ3v) is 4.19. The molecule has 3 rings (SSSR count). The van der Waals surface area contributed by atoms with Crippen molar-refractivity contribution in [2.45, 2.75) is 12.5 Å². The van der Waals surface area contributed by atoms with Crippen LogP contribution >= 0.6 is 0 Å². The summed E-state index contributed by atoms with van der Waals surface area (Å²) in [6.07, 6.45) is 0. The molecule has 6 heteroatoms. The number of hydrogen-bond acceptors (Lipinski definition) is 5. The minimum Gasteiger partial charge on any atom is -0.508 e. The molecule has 126 valence electrons. The van der Waals surface area contributed by atoms with E-state index in [9.17, 15) is 9.90 Å². The highest BCUT2D eigenvalue weighted by Gasteiger charge is 2.21. The number of hydrogen-bond donors (Lipinski definition) is 4. The van der Waals surface area contributed by atoms with Crippen LogP contribution in [-0.4, -0.2) is 31.2 Å². The number of ether oxygens (including phenoxy) is 1. The summed E-state index contributed by atoms with van der Waals surface area (Å²) >= 11 is 0. The van der Waals surface area contributed by atoms with Crippen LogP contribution in [0.5, 0.6) is 11.5 Å². The number of phenolic OH excluding ortho intramolecular Hbond substituents is 1. The molecule has 2 aromatic carbocycles. The van der Waals surface area contributed by atoms with Crippen molar-refractivity contribution in [3.8, 4) is 11.5 Å². The Kier molecular flexibility index (Phi) is 4.98. The number of methoxy groups -OCH3 is 1. The molecule has 24 heavy (non-hydrogen) atoms. The van der Waals surface area contributed by atoms with E-state index in [0.717, 1.165) is 18.7 Å². The summed E-state index contributed by atoms with van der Waals surface area (Å²) in [5.74, 6) is 0.997. The standard InChI is InChI=1S/C18H21N3O3/c1-24-17-8-12(6-7-15(17)14-10-20-21-11-14)18(23)19-9-13-4-2-3-5-16(13)22/h2-8,14,20-22H,9-11H2,1H3,(H,19,23). The van der Waals surface area contributed by atoms with Crippen LogP contribution in [0.25, 0.3) is 0 Å². The molecule has 2 aromatic rings. The molecule has 0 saturated carbocycles. The normalized spacial score (nSPS) is 14.5. The SMILES string of the molecule is COc1cc(C(=O)NCc2ccccc2O)ccc1C1CNNC1. The molecule has 0 aromatic heterocycles. The van der Waals surface area contributed by atoms with Gasteiger partial charge in [0.2, 0.25) is 0 Å². The van der Waals surface area contributed by atoms with Crippen LogP contribution in [0, 0.1) is 0 Å². The highest BCUT2D eigenvalue weighted by molar-refractivity contribution is 5.94. The molecule has 0 unspecified atom stereocenters. The average Bonchev–Trinajstić information content (AvgIpc) is 3.14. The lowest BCUT2D eigenvalue weighted by atomic mass is 9.97. The van der Waals surface area contributed by atoms with Gasteiger partial charge in [0.1, 0.15) is 11.5 Å². The number of benzene rings is 2. The number of phenols is 1. The Balaban J connectivity index is 1.71. The molecule has 1 heterocycles. The van der Waals surface area contributed by atoms with Crippen LogP contribution in [0.2, 0.25) is 0 Å². The summed E-state index contributed by atoms with van der Waals surface area (Å²) in [6.45, 7) is 1.93. The van der Waals surface area contributed by atoms with Crippen molar-refractivity contribution < 1.29 is 14.6 Å². The van der Waals surface area contributed by atoms with E-state index in [4.69, 9.17) is 4.74 Å². The lowest BCUT2D eigenvalue weighted by Gasteiger charge is -2.15. The van der Waals surface area contributed by atoms with Crippen molar-refractivity contribution in [1.29, 1.82) is 0 Å². The number of para-hydroxylation sites is 1. The van der Waals surface area contributed by atoms with Gasteiger partial charge in [-0.3, -0.25) is 15.6 Å². The second-order valence-corrected chi connectivity index (χ2v) is 5.73. The average molecular weight is 327 g/mol. The van der Waals surface area contributed by atoms with Gasteiger partial charge in [-0.1, -0.05) is 24.3 Å². The summed E-state index contributed by atoms with van der Waals surface area (Å²) in [5.41, 5.74) is 8.48. The molecular weight excluding hydrogens is 306 g/mol. The van der Waals surface area contributed by atoms with Gasteiger partial charge in [-0.2, -0.15) is 0 Å². The van der Waals surface area contributed by atoms with Crippen molar-refractivity contribution in [1.82, 2.24) is 16.2 Å². The van der Waals surface area contributed by atoms with Crippen molar-refractivity contribution in [2.75, 3.05) is 20.2 Å². The molecule has 1 fully saturated rings. The molecule has 1 saturated heterocycles. The summed E-state index contributed by atoms with van der Waals surface area (Å²) in [4.78, 5) is 12.4. The Bertz CT molecular complexity index is 727. The summed E-state index contributed by atoms with van der Waals surface area (Å²) < 4.78 is 5.45. The van der Waals surface area contributed by atoms with Gasteiger partial charge in [-0.25, -0.2) is 0 Å². The first-order valence-electron chi connectivity index (χ1n) is 7.87. The van der Waals surface area contributed by atoms with E-state index in [2.05, 4.69) is 16.2 Å². The highest BCUT2D eigenvalue weighted by Crippen LogP contribution is 2.28. The van der Waals surface area contributed by atoms with Gasteiger partial charge in [0.05, 0.1) is 7.11 Å². The summed E-state index contributed by atoms with van der Waals surface area (Å²) in [7, 11) is 1.61. The first-order chi connectivity index (χ1) is 11.7. The number of aromatic hydroxyl groups is 1. The minimum atomic E-state index is -0.203. The second-order valence-electron chi connectivity index (χ2n) is 5.73. The predicted molar refractivity (Wildman–Crippen MR) is 91.0 cm³/mol. The quantitative estimate of drug-likeness (QED) is 0.669. The van der Waals surface area contributed by atoms with E-state index >= 15 is 0 Å². The fourth-order valence-corrected chi connectivity index (χ4v) is 2.81. The zero-order valence-electron chi connectivity index (χ0n) is 13.5. The molecule has 0 radical (unpaired) electrons. The van der Waals surface area contributed by atoms with Gasteiger partial charge < -0.3 is 15.2 Å². The zero-order valence-corrected chi connectivity index (χ0v) is 13.5. The van der Waals surface area contributed by atoms with Crippen LogP contribution in [0.3, 0.4) is 0 Å². The van der Waals surface area contributed by atoms with E-state index in [-0.39, 0.29) is 18.2 Å². The van der Waals surface area contributed by atoms with Crippen LogP contribution in [0.1, 0.15) is 27.4 Å². The topological polar surface area (TPSA) is 82.6 Å².